The van der Waals surface area contributed by atoms with Crippen LogP contribution in [0.3, 0.4) is 0 Å². The molecule has 6 nitrogen and oxygen atoms in total. The Morgan fingerprint density at radius 1 is 1.12 bits per heavy atom. The first-order chi connectivity index (χ1) is 12.7. The second kappa shape index (κ2) is 7.63. The number of carbonyl (C=O) groups is 2. The van der Waals surface area contributed by atoms with Crippen LogP contribution in [-0.2, 0) is 4.79 Å². The maximum absolute atomic E-state index is 12.8. The summed E-state index contributed by atoms with van der Waals surface area (Å²) in [5.74, 6) is 0.510. The summed E-state index contributed by atoms with van der Waals surface area (Å²) in [6.07, 6.45) is 3.64. The highest BCUT2D eigenvalue weighted by Crippen LogP contribution is 2.34. The number of rotatable bonds is 4. The van der Waals surface area contributed by atoms with Crippen LogP contribution in [0.4, 0.5) is 0 Å². The minimum atomic E-state index is -0.0710. The summed E-state index contributed by atoms with van der Waals surface area (Å²) in [5, 5.41) is 2.07. The lowest BCUT2D eigenvalue weighted by Gasteiger charge is -2.35. The molecule has 2 aliphatic heterocycles. The smallest absolute Gasteiger partial charge is 0.289 e. The van der Waals surface area contributed by atoms with Crippen molar-refractivity contribution in [3.63, 3.8) is 0 Å². The van der Waals surface area contributed by atoms with Crippen molar-refractivity contribution < 1.29 is 14.0 Å². The zero-order valence-electron chi connectivity index (χ0n) is 14.7. The first-order valence-corrected chi connectivity index (χ1v) is 9.98. The van der Waals surface area contributed by atoms with E-state index < -0.39 is 0 Å². The van der Waals surface area contributed by atoms with Gasteiger partial charge in [0.2, 0.25) is 5.91 Å². The Kier molecular flexibility index (Phi) is 5.08. The zero-order valence-corrected chi connectivity index (χ0v) is 15.5. The van der Waals surface area contributed by atoms with Crippen LogP contribution >= 0.6 is 11.3 Å². The third-order valence-electron chi connectivity index (χ3n) is 5.20. The van der Waals surface area contributed by atoms with E-state index in [1.807, 2.05) is 4.90 Å². The van der Waals surface area contributed by atoms with E-state index in [0.717, 1.165) is 32.5 Å². The second-order valence-electron chi connectivity index (χ2n) is 6.81. The maximum atomic E-state index is 12.8. The molecule has 2 aliphatic rings. The largest absolute Gasteiger partial charge is 0.459 e. The highest BCUT2D eigenvalue weighted by Gasteiger charge is 2.32. The second-order valence-corrected chi connectivity index (χ2v) is 7.79. The third-order valence-corrected chi connectivity index (χ3v) is 6.17. The number of likely N-dealkylation sites (tertiary alicyclic amines) is 1. The number of nitrogens with zero attached hydrogens (tertiary/aromatic N) is 3. The SMILES string of the molecule is O=C(c1ccco1)N1CCN(CC(=O)N2CCC[C@H]2c2cccs2)CC1. The van der Waals surface area contributed by atoms with Crippen molar-refractivity contribution in [2.24, 2.45) is 0 Å². The number of furan rings is 1. The number of amides is 2. The Hall–Kier alpha value is -2.12. The zero-order chi connectivity index (χ0) is 17.9. The summed E-state index contributed by atoms with van der Waals surface area (Å²) < 4.78 is 5.19. The molecule has 2 aromatic heterocycles. The Balaban J connectivity index is 1.30. The summed E-state index contributed by atoms with van der Waals surface area (Å²) in [6.45, 7) is 3.97. The molecule has 2 fully saturated rings. The molecule has 0 spiro atoms. The van der Waals surface area contributed by atoms with E-state index in [4.69, 9.17) is 4.42 Å². The van der Waals surface area contributed by atoms with Gasteiger partial charge in [-0.1, -0.05) is 6.07 Å². The van der Waals surface area contributed by atoms with Crippen LogP contribution in [0.15, 0.2) is 40.3 Å². The van der Waals surface area contributed by atoms with E-state index in [2.05, 4.69) is 22.4 Å². The monoisotopic (exact) mass is 373 g/mol. The highest BCUT2D eigenvalue weighted by molar-refractivity contribution is 7.10. The Morgan fingerprint density at radius 3 is 2.65 bits per heavy atom. The minimum absolute atomic E-state index is 0.0710. The third kappa shape index (κ3) is 3.54. The predicted octanol–water partition coefficient (Wildman–Crippen LogP) is 2.46. The molecule has 1 atom stereocenters. The number of piperazine rings is 1. The van der Waals surface area contributed by atoms with E-state index in [9.17, 15) is 9.59 Å². The molecule has 0 saturated carbocycles. The van der Waals surface area contributed by atoms with Gasteiger partial charge in [0, 0.05) is 37.6 Å². The lowest BCUT2D eigenvalue weighted by atomic mass is 10.2. The van der Waals surface area contributed by atoms with Crippen molar-refractivity contribution in [1.82, 2.24) is 14.7 Å². The standard InChI is InChI=1S/C19H23N3O3S/c23-18(22-7-1-4-15(22)17-6-3-13-26-17)14-20-8-10-21(11-9-20)19(24)16-5-2-12-25-16/h2-3,5-6,12-13,15H,1,4,7-11,14H2/t15-/m0/s1. The number of carbonyl (C=O) groups excluding carboxylic acids is 2. The summed E-state index contributed by atoms with van der Waals surface area (Å²) in [5.41, 5.74) is 0. The van der Waals surface area contributed by atoms with Gasteiger partial charge in [-0.3, -0.25) is 14.5 Å². The van der Waals surface area contributed by atoms with Crippen molar-refractivity contribution in [3.05, 3.63) is 46.5 Å². The van der Waals surface area contributed by atoms with Gasteiger partial charge in [0.25, 0.3) is 5.91 Å². The molecule has 2 saturated heterocycles. The number of thiophene rings is 1. The Morgan fingerprint density at radius 2 is 1.96 bits per heavy atom. The molecule has 138 valence electrons. The molecule has 0 bridgehead atoms. The van der Waals surface area contributed by atoms with Crippen LogP contribution in [0.5, 0.6) is 0 Å². The lowest BCUT2D eigenvalue weighted by molar-refractivity contribution is -0.133. The fourth-order valence-corrected chi connectivity index (χ4v) is 4.66. The van der Waals surface area contributed by atoms with Gasteiger partial charge in [-0.15, -0.1) is 11.3 Å². The van der Waals surface area contributed by atoms with Crippen molar-refractivity contribution in [2.75, 3.05) is 39.3 Å². The van der Waals surface area contributed by atoms with Crippen molar-refractivity contribution in [3.8, 4) is 0 Å². The molecule has 2 amide bonds. The normalized spacial score (nSPS) is 21.3. The van der Waals surface area contributed by atoms with Crippen LogP contribution in [0, 0.1) is 0 Å². The molecule has 0 aromatic carbocycles. The lowest BCUT2D eigenvalue weighted by Crippen LogP contribution is -2.51. The molecule has 0 aliphatic carbocycles. The van der Waals surface area contributed by atoms with E-state index in [1.165, 1.54) is 11.1 Å². The van der Waals surface area contributed by atoms with Gasteiger partial charge in [0.1, 0.15) is 0 Å². The maximum Gasteiger partial charge on any atom is 0.289 e. The van der Waals surface area contributed by atoms with Gasteiger partial charge in [0.05, 0.1) is 18.8 Å². The summed E-state index contributed by atoms with van der Waals surface area (Å²) in [4.78, 5) is 32.4. The molecular weight excluding hydrogens is 350 g/mol. The molecule has 0 unspecified atom stereocenters. The van der Waals surface area contributed by atoms with E-state index in [1.54, 1.807) is 28.4 Å². The van der Waals surface area contributed by atoms with Crippen LogP contribution in [-0.4, -0.2) is 65.8 Å². The quantitative estimate of drug-likeness (QED) is 0.826. The average molecular weight is 373 g/mol. The van der Waals surface area contributed by atoms with Crippen LogP contribution in [0.1, 0.15) is 34.3 Å². The van der Waals surface area contributed by atoms with Gasteiger partial charge >= 0.3 is 0 Å². The molecule has 7 heteroatoms. The Bertz CT molecular complexity index is 736. The van der Waals surface area contributed by atoms with Crippen LogP contribution in [0.2, 0.25) is 0 Å². The average Bonchev–Trinajstić information content (AvgIpc) is 3.43. The fourth-order valence-electron chi connectivity index (χ4n) is 3.79. The minimum Gasteiger partial charge on any atom is -0.459 e. The topological polar surface area (TPSA) is 57.0 Å². The molecule has 2 aromatic rings. The molecular formula is C19H23N3O3S. The first-order valence-electron chi connectivity index (χ1n) is 9.10. The van der Waals surface area contributed by atoms with E-state index in [-0.39, 0.29) is 17.9 Å². The fraction of sp³-hybridized carbons (Fsp3) is 0.474. The molecule has 26 heavy (non-hydrogen) atoms. The van der Waals surface area contributed by atoms with Crippen LogP contribution < -0.4 is 0 Å². The van der Waals surface area contributed by atoms with Crippen molar-refractivity contribution in [2.45, 2.75) is 18.9 Å². The molecule has 4 heterocycles. The summed E-state index contributed by atoms with van der Waals surface area (Å²) >= 11 is 1.73. The summed E-state index contributed by atoms with van der Waals surface area (Å²) in [7, 11) is 0. The predicted molar refractivity (Wildman–Crippen MR) is 99.1 cm³/mol. The van der Waals surface area contributed by atoms with Gasteiger partial charge < -0.3 is 14.2 Å². The number of hydrogen-bond donors (Lipinski definition) is 0. The van der Waals surface area contributed by atoms with E-state index in [0.29, 0.717) is 25.4 Å². The molecule has 4 rings (SSSR count). The summed E-state index contributed by atoms with van der Waals surface area (Å²) in [6, 6.07) is 7.83. The van der Waals surface area contributed by atoms with Gasteiger partial charge in [0.15, 0.2) is 5.76 Å². The first kappa shape index (κ1) is 17.3. The van der Waals surface area contributed by atoms with Gasteiger partial charge in [-0.2, -0.15) is 0 Å². The van der Waals surface area contributed by atoms with E-state index >= 15 is 0 Å². The number of hydrogen-bond acceptors (Lipinski definition) is 5. The van der Waals surface area contributed by atoms with Gasteiger partial charge in [-0.25, -0.2) is 0 Å². The van der Waals surface area contributed by atoms with Crippen LogP contribution in [0.25, 0.3) is 0 Å². The highest BCUT2D eigenvalue weighted by atomic mass is 32.1. The molecule has 0 radical (unpaired) electrons. The Labute approximate surface area is 157 Å². The van der Waals surface area contributed by atoms with Crippen molar-refractivity contribution >= 4 is 23.2 Å². The molecule has 0 N–H and O–H groups in total. The van der Waals surface area contributed by atoms with Gasteiger partial charge in [-0.05, 0) is 36.4 Å². The van der Waals surface area contributed by atoms with Crippen molar-refractivity contribution in [1.29, 1.82) is 0 Å².